The van der Waals surface area contributed by atoms with Gasteiger partial charge in [-0.25, -0.2) is 19.2 Å². The van der Waals surface area contributed by atoms with E-state index in [0.717, 1.165) is 56.3 Å². The van der Waals surface area contributed by atoms with E-state index in [1.54, 1.807) is 0 Å². The average molecular weight is 449 g/mol. The van der Waals surface area contributed by atoms with Crippen LogP contribution in [0.3, 0.4) is 0 Å². The highest BCUT2D eigenvalue weighted by Crippen LogP contribution is 2.60. The molecule has 4 rings (SSSR count). The van der Waals surface area contributed by atoms with Crippen molar-refractivity contribution in [1.29, 1.82) is 0 Å². The molecule has 0 aromatic heterocycles. The van der Waals surface area contributed by atoms with E-state index < -0.39 is 23.5 Å². The van der Waals surface area contributed by atoms with Gasteiger partial charge >= 0.3 is 11.9 Å². The number of carbonyl (C=O) groups excluding carboxylic acids is 2. The van der Waals surface area contributed by atoms with Gasteiger partial charge in [-0.2, -0.15) is 0 Å². The lowest BCUT2D eigenvalue weighted by Gasteiger charge is -2.56. The number of alkyl halides is 1. The Morgan fingerprint density at radius 3 is 2.27 bits per heavy atom. The highest BCUT2D eigenvalue weighted by atomic mass is 32.2. The summed E-state index contributed by atoms with van der Waals surface area (Å²) < 4.78 is 29.4. The molecule has 0 amide bonds. The highest BCUT2D eigenvalue weighted by Gasteiger charge is 2.51. The molecule has 30 heavy (non-hydrogen) atoms. The van der Waals surface area contributed by atoms with Gasteiger partial charge in [-0.15, -0.1) is 4.33 Å². The van der Waals surface area contributed by atoms with E-state index in [0.29, 0.717) is 13.0 Å². The van der Waals surface area contributed by atoms with Gasteiger partial charge < -0.3 is 9.47 Å². The number of unbranched alkanes of at least 4 members (excludes halogenated alkanes) is 3. The minimum Gasteiger partial charge on any atom is -0.463 e. The average Bonchev–Trinajstić information content (AvgIpc) is 2.71. The molecule has 0 aromatic rings. The summed E-state index contributed by atoms with van der Waals surface area (Å²) in [6.45, 7) is 1.72. The van der Waals surface area contributed by atoms with Gasteiger partial charge in [-0.1, -0.05) is 31.2 Å². The molecule has 4 aliphatic rings. The zero-order valence-corrected chi connectivity index (χ0v) is 18.4. The van der Waals surface area contributed by atoms with Crippen LogP contribution >= 0.6 is 12.0 Å². The molecular weight excluding hydrogens is 415 g/mol. The Labute approximate surface area is 181 Å². The molecule has 1 N–H and O–H groups in total. The Morgan fingerprint density at radius 1 is 1.07 bits per heavy atom. The number of hydrogen-bond donors (Lipinski definition) is 1. The molecule has 4 aliphatic carbocycles. The van der Waals surface area contributed by atoms with Crippen LogP contribution in [0.2, 0.25) is 0 Å². The van der Waals surface area contributed by atoms with Crippen LogP contribution < -0.4 is 0 Å². The van der Waals surface area contributed by atoms with Gasteiger partial charge in [0.25, 0.3) is 5.00 Å². The second kappa shape index (κ2) is 10.6. The van der Waals surface area contributed by atoms with Crippen LogP contribution in [0.5, 0.6) is 0 Å². The third kappa shape index (κ3) is 6.08. The molecule has 1 unspecified atom stereocenters. The van der Waals surface area contributed by atoms with Crippen molar-refractivity contribution in [3.63, 3.8) is 0 Å². The maximum Gasteiger partial charge on any atom is 0.357 e. The summed E-state index contributed by atoms with van der Waals surface area (Å²) in [4.78, 5) is 24.4. The standard InChI is InChI=1S/C21H33FO7S/c1-2-3-4-5-6-21(22,30-29-28-25)19(24)26-13-18(23)27-14-20-10-15-7-16(11-20)9-17(8-15)12-20/h15-17,25H,2-14H2,1H3. The van der Waals surface area contributed by atoms with Crippen molar-refractivity contribution < 1.29 is 38.1 Å². The van der Waals surface area contributed by atoms with Crippen molar-refractivity contribution >= 4 is 24.0 Å². The van der Waals surface area contributed by atoms with E-state index in [9.17, 15) is 14.0 Å². The Morgan fingerprint density at radius 2 is 1.70 bits per heavy atom. The normalized spacial score (nSPS) is 31.4. The molecule has 1 atom stereocenters. The maximum absolute atomic E-state index is 15.0. The lowest BCUT2D eigenvalue weighted by Crippen LogP contribution is -2.48. The second-order valence-electron chi connectivity index (χ2n) is 9.42. The van der Waals surface area contributed by atoms with Gasteiger partial charge in [0.15, 0.2) is 6.61 Å². The van der Waals surface area contributed by atoms with E-state index in [4.69, 9.17) is 14.7 Å². The molecule has 172 valence electrons. The van der Waals surface area contributed by atoms with Gasteiger partial charge in [0.05, 0.1) is 18.6 Å². The van der Waals surface area contributed by atoms with E-state index in [2.05, 4.69) is 9.37 Å². The smallest absolute Gasteiger partial charge is 0.357 e. The minimum atomic E-state index is -2.57. The monoisotopic (exact) mass is 448 g/mol. The fraction of sp³-hybridized carbons (Fsp3) is 0.905. The van der Waals surface area contributed by atoms with Crippen LogP contribution in [0.15, 0.2) is 0 Å². The third-order valence-corrected chi connectivity index (χ3v) is 7.64. The molecule has 0 aromatic carbocycles. The van der Waals surface area contributed by atoms with Gasteiger partial charge in [0, 0.05) is 11.8 Å². The van der Waals surface area contributed by atoms with Crippen molar-refractivity contribution in [1.82, 2.24) is 0 Å². The van der Waals surface area contributed by atoms with Crippen molar-refractivity contribution in [2.45, 2.75) is 82.6 Å². The van der Waals surface area contributed by atoms with Crippen LogP contribution in [0, 0.1) is 23.2 Å². The molecule has 0 saturated heterocycles. The Balaban J connectivity index is 1.43. The van der Waals surface area contributed by atoms with E-state index in [1.807, 2.05) is 6.92 Å². The number of rotatable bonds is 13. The molecule has 7 nitrogen and oxygen atoms in total. The fourth-order valence-corrected chi connectivity index (χ4v) is 6.49. The van der Waals surface area contributed by atoms with Gasteiger partial charge in [0.2, 0.25) is 0 Å². The van der Waals surface area contributed by atoms with Crippen molar-refractivity contribution in [3.8, 4) is 0 Å². The molecule has 0 heterocycles. The zero-order chi connectivity index (χ0) is 21.6. The first-order valence-corrected chi connectivity index (χ1v) is 11.8. The molecule has 9 heteroatoms. The Bertz CT molecular complexity index is 567. The SMILES string of the molecule is CCCCCCC(F)(SOOO)C(=O)OCC(=O)OCC12CC3CC(CC(C3)C1)C2. The largest absolute Gasteiger partial charge is 0.463 e. The van der Waals surface area contributed by atoms with Crippen LogP contribution in [0.25, 0.3) is 0 Å². The van der Waals surface area contributed by atoms with Gasteiger partial charge in [-0.05, 0) is 62.7 Å². The summed E-state index contributed by atoms with van der Waals surface area (Å²) in [5.74, 6) is 0.333. The summed E-state index contributed by atoms with van der Waals surface area (Å²) >= 11 is 0.0281. The second-order valence-corrected chi connectivity index (χ2v) is 10.4. The molecule has 4 bridgehead atoms. The van der Waals surface area contributed by atoms with Crippen molar-refractivity contribution in [3.05, 3.63) is 0 Å². The zero-order valence-electron chi connectivity index (χ0n) is 17.6. The first-order chi connectivity index (χ1) is 14.4. The first kappa shape index (κ1) is 23.8. The summed E-state index contributed by atoms with van der Waals surface area (Å²) in [5.41, 5.74) is 0.0691. The van der Waals surface area contributed by atoms with Gasteiger partial charge in [0.1, 0.15) is 0 Å². The van der Waals surface area contributed by atoms with Crippen molar-refractivity contribution in [2.24, 2.45) is 23.2 Å². The Kier molecular flexibility index (Phi) is 8.40. The molecular formula is C21H33FO7S. The van der Waals surface area contributed by atoms with Gasteiger partial charge in [-0.3, -0.25) is 0 Å². The summed E-state index contributed by atoms with van der Waals surface area (Å²) in [7, 11) is 0. The summed E-state index contributed by atoms with van der Waals surface area (Å²) in [5, 5.41) is 9.14. The summed E-state index contributed by atoms with van der Waals surface area (Å²) in [6, 6.07) is 0. The van der Waals surface area contributed by atoms with Crippen molar-refractivity contribution in [2.75, 3.05) is 13.2 Å². The predicted molar refractivity (Wildman–Crippen MR) is 108 cm³/mol. The van der Waals surface area contributed by atoms with Crippen LogP contribution in [0.1, 0.15) is 77.6 Å². The highest BCUT2D eigenvalue weighted by molar-refractivity contribution is 7.96. The maximum atomic E-state index is 15.0. The van der Waals surface area contributed by atoms with E-state index in [-0.39, 0.29) is 23.9 Å². The number of hydrogen-bond acceptors (Lipinski definition) is 8. The first-order valence-electron chi connectivity index (χ1n) is 11.1. The summed E-state index contributed by atoms with van der Waals surface area (Å²) in [6.07, 6.45) is 10.1. The minimum absolute atomic E-state index is 0.0281. The fourth-order valence-electron chi connectivity index (χ4n) is 6.00. The molecule has 4 saturated carbocycles. The predicted octanol–water partition coefficient (Wildman–Crippen LogP) is 4.99. The van der Waals surface area contributed by atoms with Crippen LogP contribution in [-0.2, 0) is 28.4 Å². The number of ether oxygens (including phenoxy) is 2. The van der Waals surface area contributed by atoms with E-state index in [1.165, 1.54) is 19.3 Å². The lowest BCUT2D eigenvalue weighted by molar-refractivity contribution is -0.432. The quantitative estimate of drug-likeness (QED) is 0.138. The number of halogens is 1. The third-order valence-electron chi connectivity index (χ3n) is 6.88. The lowest BCUT2D eigenvalue weighted by atomic mass is 9.50. The Hall–Kier alpha value is -0.900. The topological polar surface area (TPSA) is 91.3 Å². The number of carbonyl (C=O) groups is 2. The molecule has 0 radical (unpaired) electrons. The van der Waals surface area contributed by atoms with E-state index >= 15 is 0 Å². The molecule has 0 aliphatic heterocycles. The van der Waals surface area contributed by atoms with Crippen LogP contribution in [0.4, 0.5) is 4.39 Å². The molecule has 0 spiro atoms. The molecule has 4 fully saturated rings. The number of esters is 2. The van der Waals surface area contributed by atoms with Crippen LogP contribution in [-0.4, -0.2) is 35.4 Å².